The summed E-state index contributed by atoms with van der Waals surface area (Å²) < 4.78 is 0.843. The molecule has 0 spiro atoms. The summed E-state index contributed by atoms with van der Waals surface area (Å²) in [5, 5.41) is 3.04. The van der Waals surface area contributed by atoms with Crippen LogP contribution in [0.1, 0.15) is 23.1 Å². The Labute approximate surface area is 189 Å². The van der Waals surface area contributed by atoms with Gasteiger partial charge < -0.3 is 5.32 Å². The molecule has 1 aliphatic heterocycles. The van der Waals surface area contributed by atoms with Gasteiger partial charge in [-0.1, -0.05) is 47.7 Å². The number of thioether (sulfide) groups is 1. The summed E-state index contributed by atoms with van der Waals surface area (Å²) >= 11 is 4.80. The molecule has 0 radical (unpaired) electrons. The molecule has 0 saturated carbocycles. The van der Waals surface area contributed by atoms with Gasteiger partial charge in [-0.3, -0.25) is 14.5 Å². The highest BCUT2D eigenvalue weighted by Gasteiger charge is 2.38. The van der Waals surface area contributed by atoms with E-state index in [0.29, 0.717) is 11.7 Å². The van der Waals surface area contributed by atoms with Crippen LogP contribution in [0.4, 0.5) is 11.4 Å². The fourth-order valence-corrected chi connectivity index (χ4v) is 4.94. The van der Waals surface area contributed by atoms with Gasteiger partial charge in [-0.2, -0.15) is 0 Å². The molecule has 3 rings (SSSR count). The molecule has 1 saturated heterocycles. The molecule has 30 heavy (non-hydrogen) atoms. The van der Waals surface area contributed by atoms with Crippen molar-refractivity contribution in [1.29, 1.82) is 0 Å². The number of para-hydroxylation sites is 1. The molecule has 0 unspecified atom stereocenters. The van der Waals surface area contributed by atoms with Crippen molar-refractivity contribution in [1.82, 2.24) is 4.90 Å². The molecule has 156 valence electrons. The highest BCUT2D eigenvalue weighted by atomic mass is 79.9. The Kier molecular flexibility index (Phi) is 7.15. The van der Waals surface area contributed by atoms with Gasteiger partial charge in [0.25, 0.3) is 0 Å². The fourth-order valence-electron chi connectivity index (χ4n) is 3.40. The number of amides is 2. The minimum atomic E-state index is -0.516. The molecule has 1 heterocycles. The van der Waals surface area contributed by atoms with Crippen LogP contribution in [0.15, 0.2) is 58.5 Å². The van der Waals surface area contributed by atoms with Gasteiger partial charge in [-0.05, 0) is 60.0 Å². The summed E-state index contributed by atoms with van der Waals surface area (Å²) in [4.78, 5) is 31.9. The number of amidine groups is 1. The van der Waals surface area contributed by atoms with Gasteiger partial charge in [0.05, 0.1) is 5.69 Å². The minimum Gasteiger partial charge on any atom is -0.326 e. The van der Waals surface area contributed by atoms with Crippen LogP contribution < -0.4 is 5.32 Å². The number of carbonyl (C=O) groups excluding carboxylic acids is 2. The minimum absolute atomic E-state index is 0.0822. The van der Waals surface area contributed by atoms with Crippen LogP contribution in [0, 0.1) is 20.8 Å². The lowest BCUT2D eigenvalue weighted by Crippen LogP contribution is -2.33. The topological polar surface area (TPSA) is 61.8 Å². The van der Waals surface area contributed by atoms with Crippen molar-refractivity contribution in [2.45, 2.75) is 32.4 Å². The average molecular weight is 486 g/mol. The van der Waals surface area contributed by atoms with Crippen LogP contribution in [-0.4, -0.2) is 33.7 Å². The first-order valence-corrected chi connectivity index (χ1v) is 11.3. The van der Waals surface area contributed by atoms with Gasteiger partial charge in [0.2, 0.25) is 11.8 Å². The number of halogens is 1. The predicted molar refractivity (Wildman–Crippen MR) is 128 cm³/mol. The van der Waals surface area contributed by atoms with Crippen molar-refractivity contribution >= 4 is 56.0 Å². The van der Waals surface area contributed by atoms with Crippen LogP contribution >= 0.6 is 27.7 Å². The van der Waals surface area contributed by atoms with E-state index in [9.17, 15) is 9.59 Å². The number of hydrogen-bond donors (Lipinski definition) is 1. The molecule has 1 fully saturated rings. The van der Waals surface area contributed by atoms with Gasteiger partial charge in [-0.15, -0.1) is 6.58 Å². The Hall–Kier alpha value is -2.38. The number of nitrogens with zero attached hydrogens (tertiary/aromatic N) is 2. The van der Waals surface area contributed by atoms with Gasteiger partial charge >= 0.3 is 0 Å². The lowest BCUT2D eigenvalue weighted by Gasteiger charge is -2.15. The second-order valence-corrected chi connectivity index (χ2v) is 9.24. The van der Waals surface area contributed by atoms with E-state index in [1.54, 1.807) is 11.0 Å². The monoisotopic (exact) mass is 485 g/mol. The third-order valence-electron chi connectivity index (χ3n) is 4.71. The SMILES string of the molecule is C=CCN1C(=O)[C@H](CC(=O)Nc2c(C)cc(C)cc2C)SC1=Nc1ccccc1Br. The quantitative estimate of drug-likeness (QED) is 0.547. The molecule has 7 heteroatoms. The first-order chi connectivity index (χ1) is 14.3. The van der Waals surface area contributed by atoms with E-state index in [-0.39, 0.29) is 18.2 Å². The third-order valence-corrected chi connectivity index (χ3v) is 6.56. The molecule has 5 nitrogen and oxygen atoms in total. The number of nitrogens with one attached hydrogen (secondary N) is 1. The number of anilines is 1. The zero-order valence-corrected chi connectivity index (χ0v) is 19.6. The van der Waals surface area contributed by atoms with E-state index in [2.05, 4.69) is 32.8 Å². The molecule has 1 aliphatic rings. The van der Waals surface area contributed by atoms with Crippen LogP contribution in [-0.2, 0) is 9.59 Å². The van der Waals surface area contributed by atoms with E-state index >= 15 is 0 Å². The predicted octanol–water partition coefficient (Wildman–Crippen LogP) is 5.52. The maximum absolute atomic E-state index is 12.9. The lowest BCUT2D eigenvalue weighted by molar-refractivity contribution is -0.127. The number of hydrogen-bond acceptors (Lipinski definition) is 4. The van der Waals surface area contributed by atoms with E-state index in [1.807, 2.05) is 57.2 Å². The Morgan fingerprint density at radius 2 is 1.93 bits per heavy atom. The molecule has 0 aliphatic carbocycles. The molecular weight excluding hydrogens is 462 g/mol. The van der Waals surface area contributed by atoms with Crippen molar-refractivity contribution in [2.75, 3.05) is 11.9 Å². The summed E-state index contributed by atoms with van der Waals surface area (Å²) in [5.41, 5.74) is 4.72. The Morgan fingerprint density at radius 1 is 1.27 bits per heavy atom. The summed E-state index contributed by atoms with van der Waals surface area (Å²) in [7, 11) is 0. The fraction of sp³-hybridized carbons (Fsp3) is 0.261. The Balaban J connectivity index is 1.78. The standard InChI is InChI=1S/C23H24BrN3O2S/c1-5-10-27-22(29)19(30-23(27)25-18-9-7-6-8-17(18)24)13-20(28)26-21-15(3)11-14(2)12-16(21)4/h5-9,11-12,19H,1,10,13H2,2-4H3,(H,26,28)/t19-/m0/s1. The average Bonchev–Trinajstić information content (AvgIpc) is 2.95. The number of aryl methyl sites for hydroxylation is 3. The van der Waals surface area contributed by atoms with Crippen molar-refractivity contribution in [3.8, 4) is 0 Å². The molecule has 0 bridgehead atoms. The highest BCUT2D eigenvalue weighted by molar-refractivity contribution is 9.10. The van der Waals surface area contributed by atoms with E-state index in [4.69, 9.17) is 0 Å². The van der Waals surface area contributed by atoms with Gasteiger partial charge in [0.1, 0.15) is 5.25 Å². The highest BCUT2D eigenvalue weighted by Crippen LogP contribution is 2.34. The summed E-state index contributed by atoms with van der Waals surface area (Å²) in [6, 6.07) is 11.6. The lowest BCUT2D eigenvalue weighted by atomic mass is 10.0. The van der Waals surface area contributed by atoms with Crippen molar-refractivity contribution in [2.24, 2.45) is 4.99 Å². The largest absolute Gasteiger partial charge is 0.326 e. The number of carbonyl (C=O) groups is 2. The summed E-state index contributed by atoms with van der Waals surface area (Å²) in [6.07, 6.45) is 1.74. The van der Waals surface area contributed by atoms with Gasteiger partial charge in [-0.25, -0.2) is 4.99 Å². The molecular formula is C23H24BrN3O2S. The first-order valence-electron chi connectivity index (χ1n) is 9.60. The van der Waals surface area contributed by atoms with Crippen molar-refractivity contribution in [3.05, 3.63) is 70.2 Å². The van der Waals surface area contributed by atoms with Crippen LogP contribution in [0.5, 0.6) is 0 Å². The van der Waals surface area contributed by atoms with E-state index in [1.165, 1.54) is 11.8 Å². The van der Waals surface area contributed by atoms with E-state index < -0.39 is 5.25 Å². The molecule has 2 aromatic rings. The Morgan fingerprint density at radius 3 is 2.57 bits per heavy atom. The van der Waals surface area contributed by atoms with Crippen LogP contribution in [0.25, 0.3) is 0 Å². The van der Waals surface area contributed by atoms with Crippen molar-refractivity contribution in [3.63, 3.8) is 0 Å². The second-order valence-electron chi connectivity index (χ2n) is 7.22. The molecule has 1 N–H and O–H groups in total. The molecule has 2 amide bonds. The first kappa shape index (κ1) is 22.3. The normalized spacial score (nSPS) is 17.5. The number of benzene rings is 2. The number of aliphatic imine (C=N–C) groups is 1. The van der Waals surface area contributed by atoms with Crippen LogP contribution in [0.3, 0.4) is 0 Å². The summed E-state index contributed by atoms with van der Waals surface area (Å²) in [6.45, 7) is 10.1. The zero-order valence-electron chi connectivity index (χ0n) is 17.2. The Bertz CT molecular complexity index is 1010. The van der Waals surface area contributed by atoms with E-state index in [0.717, 1.165) is 32.5 Å². The molecule has 1 atom stereocenters. The van der Waals surface area contributed by atoms with Crippen molar-refractivity contribution < 1.29 is 9.59 Å². The van der Waals surface area contributed by atoms with Gasteiger partial charge in [0, 0.05) is 23.1 Å². The maximum atomic E-state index is 12.9. The van der Waals surface area contributed by atoms with Crippen LogP contribution in [0.2, 0.25) is 0 Å². The van der Waals surface area contributed by atoms with Gasteiger partial charge in [0.15, 0.2) is 5.17 Å². The third kappa shape index (κ3) is 5.02. The zero-order chi connectivity index (χ0) is 21.8. The second kappa shape index (κ2) is 9.62. The molecule has 2 aromatic carbocycles. The number of rotatable bonds is 6. The molecule has 0 aromatic heterocycles. The summed E-state index contributed by atoms with van der Waals surface area (Å²) in [5.74, 6) is -0.310. The smallest absolute Gasteiger partial charge is 0.242 e. The maximum Gasteiger partial charge on any atom is 0.242 e.